The van der Waals surface area contributed by atoms with Crippen molar-refractivity contribution < 1.29 is 9.53 Å². The normalized spacial score (nSPS) is 13.9. The van der Waals surface area contributed by atoms with Crippen molar-refractivity contribution in [2.45, 2.75) is 58.8 Å². The molecule has 1 unspecified atom stereocenters. The summed E-state index contributed by atoms with van der Waals surface area (Å²) in [4.78, 5) is 11.3. The van der Waals surface area contributed by atoms with Gasteiger partial charge in [0.2, 0.25) is 0 Å². The number of ether oxygens (including phenoxy) is 1. The van der Waals surface area contributed by atoms with Crippen molar-refractivity contribution in [1.29, 1.82) is 0 Å². The molecule has 1 aromatic rings. The molecular formula is C17H25ClO2. The molecule has 0 aromatic heterocycles. The fraction of sp³-hybridized carbons (Fsp3) is 0.588. The first-order valence-electron chi connectivity index (χ1n) is 7.43. The van der Waals surface area contributed by atoms with Crippen molar-refractivity contribution in [2.75, 3.05) is 6.61 Å². The Bertz CT molecular complexity index is 457. The number of carbonyl (C=O) groups is 1. The van der Waals surface area contributed by atoms with E-state index in [1.807, 2.05) is 13.8 Å². The Morgan fingerprint density at radius 3 is 2.00 bits per heavy atom. The van der Waals surface area contributed by atoms with Crippen LogP contribution in [0.4, 0.5) is 0 Å². The number of hydrogen-bond donors (Lipinski definition) is 0. The van der Waals surface area contributed by atoms with Crippen LogP contribution in [0.2, 0.25) is 0 Å². The highest BCUT2D eigenvalue weighted by Crippen LogP contribution is 2.39. The lowest BCUT2D eigenvalue weighted by Gasteiger charge is -2.29. The molecule has 20 heavy (non-hydrogen) atoms. The molecule has 0 aliphatic carbocycles. The van der Waals surface area contributed by atoms with Gasteiger partial charge in [0.25, 0.3) is 0 Å². The zero-order valence-corrected chi connectivity index (χ0v) is 13.9. The van der Waals surface area contributed by atoms with Gasteiger partial charge >= 0.3 is 5.97 Å². The second kappa shape index (κ2) is 7.12. The van der Waals surface area contributed by atoms with Gasteiger partial charge in [-0.3, -0.25) is 0 Å². The van der Waals surface area contributed by atoms with Gasteiger partial charge < -0.3 is 4.74 Å². The lowest BCUT2D eigenvalue weighted by atomic mass is 9.84. The molecule has 0 amide bonds. The summed E-state index contributed by atoms with van der Waals surface area (Å²) >= 11 is 6.72. The molecule has 0 heterocycles. The van der Waals surface area contributed by atoms with Gasteiger partial charge in [0.15, 0.2) is 4.87 Å². The van der Waals surface area contributed by atoms with Crippen LogP contribution in [-0.4, -0.2) is 12.6 Å². The van der Waals surface area contributed by atoms with E-state index in [4.69, 9.17) is 16.3 Å². The van der Waals surface area contributed by atoms with Gasteiger partial charge in [-0.25, -0.2) is 4.79 Å². The molecule has 0 bridgehead atoms. The predicted octanol–water partition coefficient (Wildman–Crippen LogP) is 4.53. The zero-order valence-electron chi connectivity index (χ0n) is 13.2. The first kappa shape index (κ1) is 17.0. The Kier molecular flexibility index (Phi) is 6.07. The summed E-state index contributed by atoms with van der Waals surface area (Å²) in [5.41, 5.74) is 4.45. The largest absolute Gasteiger partial charge is 0.464 e. The predicted molar refractivity (Wildman–Crippen MR) is 84.4 cm³/mol. The molecule has 3 heteroatoms. The minimum atomic E-state index is -1.07. The van der Waals surface area contributed by atoms with Crippen LogP contribution in [0, 0.1) is 6.92 Å². The van der Waals surface area contributed by atoms with E-state index in [0.29, 0.717) is 13.0 Å². The first-order chi connectivity index (χ1) is 9.44. The maximum Gasteiger partial charge on any atom is 0.331 e. The van der Waals surface area contributed by atoms with Crippen molar-refractivity contribution in [3.8, 4) is 0 Å². The summed E-state index contributed by atoms with van der Waals surface area (Å²) in [7, 11) is 0. The summed E-state index contributed by atoms with van der Waals surface area (Å²) < 4.78 is 5.21. The summed E-state index contributed by atoms with van der Waals surface area (Å²) in [6.45, 7) is 10.4. The van der Waals surface area contributed by atoms with E-state index < -0.39 is 4.87 Å². The molecule has 1 rings (SSSR count). The minimum absolute atomic E-state index is 0.336. The second-order valence-corrected chi connectivity index (χ2v) is 5.69. The van der Waals surface area contributed by atoms with Gasteiger partial charge in [-0.05, 0) is 49.8 Å². The van der Waals surface area contributed by atoms with Crippen LogP contribution in [-0.2, 0) is 27.2 Å². The third-order valence-electron chi connectivity index (χ3n) is 3.69. The number of alkyl halides is 1. The average Bonchev–Trinajstić information content (AvgIpc) is 2.45. The summed E-state index contributed by atoms with van der Waals surface area (Å²) in [5.74, 6) is -0.336. The molecule has 2 nitrogen and oxygen atoms in total. The van der Waals surface area contributed by atoms with E-state index in [0.717, 1.165) is 29.5 Å². The van der Waals surface area contributed by atoms with Crippen molar-refractivity contribution >= 4 is 17.6 Å². The van der Waals surface area contributed by atoms with Gasteiger partial charge in [-0.1, -0.05) is 38.5 Å². The SMILES string of the molecule is CCOC(=O)C(Cl)(CC)c1c(CC)cc(C)cc1CC. The van der Waals surface area contributed by atoms with Crippen LogP contribution in [0.15, 0.2) is 12.1 Å². The highest BCUT2D eigenvalue weighted by molar-refractivity contribution is 6.34. The summed E-state index contributed by atoms with van der Waals surface area (Å²) in [6, 6.07) is 4.25. The molecule has 0 saturated carbocycles. The molecule has 0 spiro atoms. The van der Waals surface area contributed by atoms with Gasteiger partial charge in [0.1, 0.15) is 0 Å². The van der Waals surface area contributed by atoms with Gasteiger partial charge in [0.05, 0.1) is 6.61 Å². The van der Waals surface area contributed by atoms with E-state index >= 15 is 0 Å². The number of esters is 1. The molecule has 0 aliphatic heterocycles. The average molecular weight is 297 g/mol. The zero-order chi connectivity index (χ0) is 15.3. The van der Waals surface area contributed by atoms with E-state index in [1.165, 1.54) is 5.56 Å². The van der Waals surface area contributed by atoms with E-state index in [9.17, 15) is 4.79 Å². The summed E-state index contributed by atoms with van der Waals surface area (Å²) in [5, 5.41) is 0. The molecule has 1 aromatic carbocycles. The Balaban J connectivity index is 3.51. The topological polar surface area (TPSA) is 26.3 Å². The fourth-order valence-corrected chi connectivity index (χ4v) is 2.97. The van der Waals surface area contributed by atoms with Gasteiger partial charge in [0, 0.05) is 0 Å². The van der Waals surface area contributed by atoms with Crippen LogP contribution in [0.3, 0.4) is 0 Å². The molecule has 0 N–H and O–H groups in total. The third-order valence-corrected chi connectivity index (χ3v) is 4.30. The van der Waals surface area contributed by atoms with E-state index in [1.54, 1.807) is 0 Å². The second-order valence-electron chi connectivity index (χ2n) is 5.04. The van der Waals surface area contributed by atoms with Gasteiger partial charge in [-0.2, -0.15) is 0 Å². The van der Waals surface area contributed by atoms with Crippen LogP contribution >= 0.6 is 11.6 Å². The molecule has 112 valence electrons. The lowest BCUT2D eigenvalue weighted by Crippen LogP contribution is -2.33. The van der Waals surface area contributed by atoms with E-state index in [2.05, 4.69) is 32.9 Å². The molecule has 0 saturated heterocycles. The Morgan fingerprint density at radius 1 is 1.15 bits per heavy atom. The van der Waals surface area contributed by atoms with Crippen LogP contribution in [0.25, 0.3) is 0 Å². The maximum atomic E-state index is 12.4. The Hall–Kier alpha value is -1.02. The quantitative estimate of drug-likeness (QED) is 0.569. The number of hydrogen-bond acceptors (Lipinski definition) is 2. The van der Waals surface area contributed by atoms with Gasteiger partial charge in [-0.15, -0.1) is 11.6 Å². The number of carbonyl (C=O) groups excluding carboxylic acids is 1. The number of rotatable bonds is 6. The van der Waals surface area contributed by atoms with Crippen molar-refractivity contribution in [1.82, 2.24) is 0 Å². The van der Waals surface area contributed by atoms with Crippen molar-refractivity contribution in [3.63, 3.8) is 0 Å². The molecule has 0 aliphatic rings. The van der Waals surface area contributed by atoms with Crippen molar-refractivity contribution in [3.05, 3.63) is 34.4 Å². The monoisotopic (exact) mass is 296 g/mol. The first-order valence-corrected chi connectivity index (χ1v) is 7.81. The highest BCUT2D eigenvalue weighted by Gasteiger charge is 2.40. The smallest absolute Gasteiger partial charge is 0.331 e. The van der Waals surface area contributed by atoms with Crippen molar-refractivity contribution in [2.24, 2.45) is 0 Å². The Labute approximate surface area is 127 Å². The standard InChI is InChI=1S/C17H25ClO2/c1-6-13-10-12(5)11-14(7-2)15(13)17(18,8-3)16(19)20-9-4/h10-11H,6-9H2,1-5H3. The summed E-state index contributed by atoms with van der Waals surface area (Å²) in [6.07, 6.45) is 2.24. The van der Waals surface area contributed by atoms with Crippen LogP contribution in [0.5, 0.6) is 0 Å². The molecule has 1 atom stereocenters. The molecular weight excluding hydrogens is 272 g/mol. The molecule has 0 radical (unpaired) electrons. The number of benzene rings is 1. The number of aryl methyl sites for hydroxylation is 3. The lowest BCUT2D eigenvalue weighted by molar-refractivity contribution is -0.146. The highest BCUT2D eigenvalue weighted by atomic mass is 35.5. The third kappa shape index (κ3) is 3.17. The molecule has 0 fully saturated rings. The fourth-order valence-electron chi connectivity index (χ4n) is 2.68. The Morgan fingerprint density at radius 2 is 1.65 bits per heavy atom. The van der Waals surface area contributed by atoms with Crippen LogP contribution in [0.1, 0.15) is 56.4 Å². The van der Waals surface area contributed by atoms with E-state index in [-0.39, 0.29) is 5.97 Å². The van der Waals surface area contributed by atoms with Crippen LogP contribution < -0.4 is 0 Å². The number of halogens is 1. The minimum Gasteiger partial charge on any atom is -0.464 e. The maximum absolute atomic E-state index is 12.4.